The molecule has 173 valence electrons. The van der Waals surface area contributed by atoms with Crippen molar-refractivity contribution in [1.82, 2.24) is 0 Å². The fourth-order valence-corrected chi connectivity index (χ4v) is 4.42. The molecule has 0 aliphatic carbocycles. The summed E-state index contributed by atoms with van der Waals surface area (Å²) in [5, 5.41) is 0. The molecule has 0 unspecified atom stereocenters. The van der Waals surface area contributed by atoms with E-state index in [1.807, 2.05) is 0 Å². The van der Waals surface area contributed by atoms with E-state index >= 15 is 0 Å². The molecule has 4 heteroatoms. The van der Waals surface area contributed by atoms with Crippen LogP contribution >= 0.6 is 0 Å². The molecule has 2 nitrogen and oxygen atoms in total. The van der Waals surface area contributed by atoms with Crippen LogP contribution in [0.15, 0.2) is 36.4 Å². The standard InChI is InChI=1S/C27H38N2.BrH.Cu/c1-18(2)22-11-9-12-23(19(3)4)26(22)28-15-16-29(17-28)27-24(20(5)6)13-10-14-25(27)21(7)8;;/h9-14,18-21H,15-16H2,1-8H3;1H;/q+1;;+1/p-1. The summed E-state index contributed by atoms with van der Waals surface area (Å²) in [5.41, 5.74) is 8.43. The van der Waals surface area contributed by atoms with Gasteiger partial charge in [-0.25, -0.2) is 9.48 Å². The summed E-state index contributed by atoms with van der Waals surface area (Å²) in [7, 11) is 0. The van der Waals surface area contributed by atoms with Crippen LogP contribution < -0.4 is 21.9 Å². The molecule has 0 spiro atoms. The summed E-state index contributed by atoms with van der Waals surface area (Å²) in [6, 6.07) is 13.6. The minimum Gasteiger partial charge on any atom is -1.00 e. The van der Waals surface area contributed by atoms with Gasteiger partial charge in [0.15, 0.2) is 0 Å². The molecule has 1 radical (unpaired) electrons. The minimum absolute atomic E-state index is 0. The van der Waals surface area contributed by atoms with Gasteiger partial charge in [0.05, 0.1) is 0 Å². The smallest absolute Gasteiger partial charge is 1.00 e. The second kappa shape index (κ2) is 11.7. The molecule has 0 aromatic heterocycles. The Morgan fingerprint density at radius 3 is 1.48 bits per heavy atom. The molecule has 1 aliphatic heterocycles. The number of hydrogen-bond donors (Lipinski definition) is 0. The van der Waals surface area contributed by atoms with E-state index in [-0.39, 0.29) is 34.1 Å². The van der Waals surface area contributed by atoms with Crippen molar-refractivity contribution in [3.8, 4) is 0 Å². The van der Waals surface area contributed by atoms with Crippen molar-refractivity contribution in [2.45, 2.75) is 79.1 Å². The van der Waals surface area contributed by atoms with Crippen molar-refractivity contribution >= 4 is 17.7 Å². The van der Waals surface area contributed by atoms with Crippen LogP contribution in [0.2, 0.25) is 0 Å². The van der Waals surface area contributed by atoms with E-state index < -0.39 is 0 Å². The summed E-state index contributed by atoms with van der Waals surface area (Å²) in [6.07, 6.45) is 3.77. The summed E-state index contributed by atoms with van der Waals surface area (Å²) in [4.78, 5) is 2.38. The van der Waals surface area contributed by atoms with Crippen LogP contribution in [-0.4, -0.2) is 24.0 Å². The van der Waals surface area contributed by atoms with E-state index in [1.165, 1.54) is 33.6 Å². The SMILES string of the molecule is CC(C)c1cccc(C(C)C)c1N1[C]=[N+](c2c(C(C)C)cccc2C(C)C)CC1.[Br-].[Cu+]. The Balaban J connectivity index is 0.00000240. The maximum atomic E-state index is 3.77. The maximum absolute atomic E-state index is 3.77. The summed E-state index contributed by atoms with van der Waals surface area (Å²) in [6.45, 7) is 20.3. The first kappa shape index (κ1) is 27.9. The largest absolute Gasteiger partial charge is 1.00 e. The Morgan fingerprint density at radius 2 is 1.10 bits per heavy atom. The molecule has 0 saturated carbocycles. The van der Waals surface area contributed by atoms with E-state index in [4.69, 9.17) is 0 Å². The van der Waals surface area contributed by atoms with Gasteiger partial charge in [-0.15, -0.1) is 0 Å². The molecule has 0 bridgehead atoms. The molecule has 3 rings (SSSR count). The molecule has 0 amide bonds. The number of para-hydroxylation sites is 2. The molecule has 2 aromatic carbocycles. The van der Waals surface area contributed by atoms with Crippen LogP contribution in [0.25, 0.3) is 0 Å². The fraction of sp³-hybridized carbons (Fsp3) is 0.519. The van der Waals surface area contributed by atoms with Gasteiger partial charge < -0.3 is 17.0 Å². The minimum atomic E-state index is 0. The topological polar surface area (TPSA) is 6.25 Å². The fourth-order valence-electron chi connectivity index (χ4n) is 4.42. The zero-order chi connectivity index (χ0) is 21.3. The van der Waals surface area contributed by atoms with Gasteiger partial charge in [-0.05, 0) is 23.7 Å². The van der Waals surface area contributed by atoms with Gasteiger partial charge in [0.1, 0.15) is 24.5 Å². The Morgan fingerprint density at radius 1 is 0.710 bits per heavy atom. The number of halogens is 1. The monoisotopic (exact) mass is 532 g/mol. The van der Waals surface area contributed by atoms with Crippen molar-refractivity contribution in [3.05, 3.63) is 58.7 Å². The number of anilines is 1. The van der Waals surface area contributed by atoms with Crippen LogP contribution in [0.4, 0.5) is 11.4 Å². The number of hydrogen-bond acceptors (Lipinski definition) is 1. The molecule has 0 saturated heterocycles. The predicted octanol–water partition coefficient (Wildman–Crippen LogP) is 4.25. The van der Waals surface area contributed by atoms with Crippen LogP contribution in [0.3, 0.4) is 0 Å². The number of nitrogens with zero attached hydrogens (tertiary/aromatic N) is 2. The molecule has 0 N–H and O–H groups in total. The number of rotatable bonds is 6. The number of benzene rings is 2. The van der Waals surface area contributed by atoms with Gasteiger partial charge in [0.25, 0.3) is 0 Å². The van der Waals surface area contributed by atoms with Crippen LogP contribution in [0.1, 0.15) is 101 Å². The first-order chi connectivity index (χ1) is 13.7. The van der Waals surface area contributed by atoms with Crippen LogP contribution in [0.5, 0.6) is 0 Å². The van der Waals surface area contributed by atoms with Crippen molar-refractivity contribution in [1.29, 1.82) is 0 Å². The molecule has 0 fully saturated rings. The van der Waals surface area contributed by atoms with Crippen molar-refractivity contribution in [2.24, 2.45) is 0 Å². The third kappa shape index (κ3) is 5.83. The Bertz CT molecular complexity index is 848. The van der Waals surface area contributed by atoms with Gasteiger partial charge >= 0.3 is 23.4 Å². The Hall–Kier alpha value is -1.09. The van der Waals surface area contributed by atoms with E-state index in [1.54, 1.807) is 0 Å². The average Bonchev–Trinajstić information content (AvgIpc) is 3.15. The molecule has 1 heterocycles. The summed E-state index contributed by atoms with van der Waals surface area (Å²) < 4.78 is 2.38. The van der Waals surface area contributed by atoms with E-state index in [9.17, 15) is 0 Å². The van der Waals surface area contributed by atoms with Gasteiger partial charge in [0, 0.05) is 22.3 Å². The Kier molecular flexibility index (Phi) is 10.5. The third-order valence-electron chi connectivity index (χ3n) is 6.01. The van der Waals surface area contributed by atoms with E-state index in [0.29, 0.717) is 23.7 Å². The molecule has 31 heavy (non-hydrogen) atoms. The normalized spacial score (nSPS) is 13.7. The van der Waals surface area contributed by atoms with Gasteiger partial charge in [-0.3, -0.25) is 0 Å². The van der Waals surface area contributed by atoms with Crippen molar-refractivity contribution in [2.75, 3.05) is 18.0 Å². The predicted molar refractivity (Wildman–Crippen MR) is 126 cm³/mol. The van der Waals surface area contributed by atoms with Crippen LogP contribution in [0, 0.1) is 0 Å². The zero-order valence-corrected chi connectivity index (χ0v) is 22.8. The summed E-state index contributed by atoms with van der Waals surface area (Å²) >= 11 is 0. The maximum Gasteiger partial charge on any atom is 1.00 e. The van der Waals surface area contributed by atoms with Gasteiger partial charge in [0.2, 0.25) is 0 Å². The van der Waals surface area contributed by atoms with Gasteiger partial charge in [-0.2, -0.15) is 0 Å². The van der Waals surface area contributed by atoms with Gasteiger partial charge in [-0.1, -0.05) is 91.8 Å². The van der Waals surface area contributed by atoms with Crippen molar-refractivity contribution < 1.29 is 38.6 Å². The van der Waals surface area contributed by atoms with E-state index in [0.717, 1.165) is 13.1 Å². The van der Waals surface area contributed by atoms with E-state index in [2.05, 4.69) is 108 Å². The second-order valence-corrected chi connectivity index (χ2v) is 9.59. The molecule has 0 atom stereocenters. The quantitative estimate of drug-likeness (QED) is 0.397. The molecular weight excluding hydrogens is 496 g/mol. The third-order valence-corrected chi connectivity index (χ3v) is 6.01. The first-order valence-electron chi connectivity index (χ1n) is 11.3. The zero-order valence-electron chi connectivity index (χ0n) is 20.3. The molecule has 1 aliphatic rings. The average molecular weight is 534 g/mol. The second-order valence-electron chi connectivity index (χ2n) is 9.59. The summed E-state index contributed by atoms with van der Waals surface area (Å²) in [5.74, 6) is 1.98. The van der Waals surface area contributed by atoms with Crippen molar-refractivity contribution in [3.63, 3.8) is 0 Å². The first-order valence-corrected chi connectivity index (χ1v) is 11.3. The van der Waals surface area contributed by atoms with Crippen LogP contribution in [-0.2, 0) is 17.1 Å². The Labute approximate surface area is 211 Å². The molecule has 2 aromatic rings. The molecular formula is C27H38BrCuN2+.